The third-order valence-corrected chi connectivity index (χ3v) is 4.29. The molecule has 6 heteroatoms. The number of ether oxygens (including phenoxy) is 1. The van der Waals surface area contributed by atoms with E-state index >= 15 is 0 Å². The molecule has 1 heterocycles. The van der Waals surface area contributed by atoms with E-state index in [1.54, 1.807) is 12.1 Å². The Morgan fingerprint density at radius 3 is 2.48 bits per heavy atom. The van der Waals surface area contributed by atoms with Crippen molar-refractivity contribution in [3.8, 4) is 22.9 Å². The topological polar surface area (TPSA) is 77.2 Å². The van der Waals surface area contributed by atoms with Crippen LogP contribution in [0.1, 0.15) is 36.2 Å². The molecule has 0 aliphatic heterocycles. The number of carbonyl (C=O) groups excluding carboxylic acids is 1. The number of rotatable bonds is 9. The maximum Gasteiger partial charge on any atom is 0.251 e. The van der Waals surface area contributed by atoms with Crippen LogP contribution < -0.4 is 5.32 Å². The number of hydrogen-bond acceptors (Lipinski definition) is 5. The van der Waals surface area contributed by atoms with E-state index in [0.29, 0.717) is 36.4 Å². The first-order chi connectivity index (χ1) is 14.0. The maximum absolute atomic E-state index is 12.3. The van der Waals surface area contributed by atoms with Gasteiger partial charge < -0.3 is 14.5 Å². The molecule has 152 valence electrons. The molecule has 1 aromatic heterocycles. The van der Waals surface area contributed by atoms with Crippen molar-refractivity contribution in [1.29, 1.82) is 0 Å². The van der Waals surface area contributed by atoms with Gasteiger partial charge in [0.2, 0.25) is 11.8 Å². The summed E-state index contributed by atoms with van der Waals surface area (Å²) < 4.78 is 11.3. The third-order valence-electron chi connectivity index (χ3n) is 4.29. The molecule has 0 spiro atoms. The molecule has 1 amide bonds. The molecule has 0 aliphatic rings. The first-order valence-corrected chi connectivity index (χ1v) is 9.90. The largest absolute Gasteiger partial charge is 0.416 e. The summed E-state index contributed by atoms with van der Waals surface area (Å²) in [5, 5.41) is 11.2. The fourth-order valence-electron chi connectivity index (χ4n) is 2.80. The van der Waals surface area contributed by atoms with Gasteiger partial charge >= 0.3 is 0 Å². The minimum absolute atomic E-state index is 0.105. The first-order valence-electron chi connectivity index (χ1n) is 9.90. The van der Waals surface area contributed by atoms with Gasteiger partial charge in [0.15, 0.2) is 0 Å². The van der Waals surface area contributed by atoms with E-state index in [2.05, 4.69) is 29.4 Å². The molecule has 0 unspecified atom stereocenters. The summed E-state index contributed by atoms with van der Waals surface area (Å²) in [5.41, 5.74) is 3.38. The van der Waals surface area contributed by atoms with Crippen LogP contribution in [0.5, 0.6) is 0 Å². The molecule has 0 saturated carbocycles. The minimum atomic E-state index is -0.105. The molecule has 1 N–H and O–H groups in total. The normalized spacial score (nSPS) is 11.0. The highest BCUT2D eigenvalue weighted by molar-refractivity contribution is 5.94. The zero-order chi connectivity index (χ0) is 20.6. The Hall–Kier alpha value is -2.99. The second kappa shape index (κ2) is 9.98. The van der Waals surface area contributed by atoms with Gasteiger partial charge in [0.25, 0.3) is 5.91 Å². The van der Waals surface area contributed by atoms with Crippen molar-refractivity contribution in [2.24, 2.45) is 5.92 Å². The highest BCUT2D eigenvalue weighted by Gasteiger charge is 2.12. The van der Waals surface area contributed by atoms with Crippen LogP contribution in [0.15, 0.2) is 52.9 Å². The number of nitrogens with zero attached hydrogens (tertiary/aromatic N) is 2. The summed E-state index contributed by atoms with van der Waals surface area (Å²) >= 11 is 0. The van der Waals surface area contributed by atoms with Gasteiger partial charge in [0.05, 0.1) is 0 Å². The van der Waals surface area contributed by atoms with Gasteiger partial charge in [-0.2, -0.15) is 0 Å². The second-order valence-corrected chi connectivity index (χ2v) is 7.44. The van der Waals surface area contributed by atoms with E-state index in [4.69, 9.17) is 9.15 Å². The molecule has 29 heavy (non-hydrogen) atoms. The summed E-state index contributed by atoms with van der Waals surface area (Å²) in [6.45, 7) is 8.23. The predicted octanol–water partition coefficient (Wildman–Crippen LogP) is 4.50. The van der Waals surface area contributed by atoms with Gasteiger partial charge in [-0.25, -0.2) is 0 Å². The Labute approximate surface area is 171 Å². The SMILES string of the molecule is Cc1cccc(-c2nnc(-c3ccc(C(=O)NCCCOCC(C)C)cc3)o2)c1. The monoisotopic (exact) mass is 393 g/mol. The summed E-state index contributed by atoms with van der Waals surface area (Å²) in [4.78, 5) is 12.3. The van der Waals surface area contributed by atoms with Crippen molar-refractivity contribution in [3.05, 3.63) is 59.7 Å². The number of aromatic nitrogens is 2. The van der Waals surface area contributed by atoms with Gasteiger partial charge in [-0.05, 0) is 55.7 Å². The van der Waals surface area contributed by atoms with Crippen molar-refractivity contribution in [1.82, 2.24) is 15.5 Å². The zero-order valence-electron chi connectivity index (χ0n) is 17.1. The van der Waals surface area contributed by atoms with E-state index in [1.165, 1.54) is 0 Å². The lowest BCUT2D eigenvalue weighted by Crippen LogP contribution is -2.25. The summed E-state index contributed by atoms with van der Waals surface area (Å²) in [6, 6.07) is 15.1. The van der Waals surface area contributed by atoms with E-state index in [9.17, 15) is 4.79 Å². The number of amides is 1. The van der Waals surface area contributed by atoms with Crippen LogP contribution >= 0.6 is 0 Å². The number of carbonyl (C=O) groups is 1. The lowest BCUT2D eigenvalue weighted by Gasteiger charge is -2.08. The van der Waals surface area contributed by atoms with Gasteiger partial charge in [-0.15, -0.1) is 10.2 Å². The minimum Gasteiger partial charge on any atom is -0.416 e. The maximum atomic E-state index is 12.3. The highest BCUT2D eigenvalue weighted by atomic mass is 16.5. The summed E-state index contributed by atoms with van der Waals surface area (Å²) in [5.74, 6) is 1.32. The predicted molar refractivity (Wildman–Crippen MR) is 113 cm³/mol. The smallest absolute Gasteiger partial charge is 0.251 e. The van der Waals surface area contributed by atoms with Crippen molar-refractivity contribution < 1.29 is 13.9 Å². The van der Waals surface area contributed by atoms with Crippen LogP contribution in [0.3, 0.4) is 0 Å². The molecule has 2 aromatic carbocycles. The van der Waals surface area contributed by atoms with E-state index in [0.717, 1.165) is 29.7 Å². The number of nitrogens with one attached hydrogen (secondary N) is 1. The van der Waals surface area contributed by atoms with Crippen LogP contribution in [-0.2, 0) is 4.74 Å². The van der Waals surface area contributed by atoms with Gasteiger partial charge in [-0.1, -0.05) is 31.5 Å². The van der Waals surface area contributed by atoms with E-state index in [-0.39, 0.29) is 5.91 Å². The summed E-state index contributed by atoms with van der Waals surface area (Å²) in [6.07, 6.45) is 0.792. The molecule has 6 nitrogen and oxygen atoms in total. The van der Waals surface area contributed by atoms with E-state index < -0.39 is 0 Å². The standard InChI is InChI=1S/C23H27N3O3/c1-16(2)15-28-13-5-12-24-21(27)18-8-10-19(11-9-18)22-25-26-23(29-22)20-7-4-6-17(3)14-20/h4,6-11,14,16H,5,12-13,15H2,1-3H3,(H,24,27). The van der Waals surface area contributed by atoms with Crippen molar-refractivity contribution in [3.63, 3.8) is 0 Å². The highest BCUT2D eigenvalue weighted by Crippen LogP contribution is 2.24. The molecule has 0 fully saturated rings. The molecule has 3 rings (SSSR count). The van der Waals surface area contributed by atoms with E-state index in [1.807, 2.05) is 43.3 Å². The Morgan fingerprint density at radius 1 is 1.07 bits per heavy atom. The third kappa shape index (κ3) is 5.99. The number of aryl methyl sites for hydroxylation is 1. The van der Waals surface area contributed by atoms with Crippen molar-refractivity contribution in [2.75, 3.05) is 19.8 Å². The number of hydrogen-bond donors (Lipinski definition) is 1. The first kappa shape index (κ1) is 20.7. The molecule has 0 radical (unpaired) electrons. The fraction of sp³-hybridized carbons (Fsp3) is 0.348. The average Bonchev–Trinajstić information content (AvgIpc) is 3.20. The Kier molecular flexibility index (Phi) is 7.14. The van der Waals surface area contributed by atoms with Crippen LogP contribution in [0, 0.1) is 12.8 Å². The van der Waals surface area contributed by atoms with Crippen molar-refractivity contribution >= 4 is 5.91 Å². The molecular formula is C23H27N3O3. The van der Waals surface area contributed by atoms with Crippen LogP contribution in [-0.4, -0.2) is 35.9 Å². The van der Waals surface area contributed by atoms with Gasteiger partial charge in [0, 0.05) is 36.4 Å². The van der Waals surface area contributed by atoms with Crippen LogP contribution in [0.25, 0.3) is 22.9 Å². The lowest BCUT2D eigenvalue weighted by atomic mass is 10.1. The second-order valence-electron chi connectivity index (χ2n) is 7.44. The lowest BCUT2D eigenvalue weighted by molar-refractivity contribution is 0.0925. The molecule has 0 aliphatic carbocycles. The fourth-order valence-corrected chi connectivity index (χ4v) is 2.80. The molecule has 0 atom stereocenters. The zero-order valence-corrected chi connectivity index (χ0v) is 17.1. The summed E-state index contributed by atoms with van der Waals surface area (Å²) in [7, 11) is 0. The molecule has 0 bridgehead atoms. The van der Waals surface area contributed by atoms with Crippen LogP contribution in [0.4, 0.5) is 0 Å². The Morgan fingerprint density at radius 2 is 1.79 bits per heavy atom. The average molecular weight is 393 g/mol. The molecular weight excluding hydrogens is 366 g/mol. The number of benzene rings is 2. The van der Waals surface area contributed by atoms with Crippen LogP contribution in [0.2, 0.25) is 0 Å². The van der Waals surface area contributed by atoms with Gasteiger partial charge in [-0.3, -0.25) is 4.79 Å². The van der Waals surface area contributed by atoms with Gasteiger partial charge in [0.1, 0.15) is 0 Å². The quantitative estimate of drug-likeness (QED) is 0.542. The Bertz CT molecular complexity index is 933. The van der Waals surface area contributed by atoms with Crippen molar-refractivity contribution in [2.45, 2.75) is 27.2 Å². The Balaban J connectivity index is 1.54. The molecule has 0 saturated heterocycles. The molecule has 3 aromatic rings.